The van der Waals surface area contributed by atoms with Gasteiger partial charge in [0.05, 0.1) is 19.3 Å². The van der Waals surface area contributed by atoms with Crippen LogP contribution >= 0.6 is 11.3 Å². The topological polar surface area (TPSA) is 65.1 Å². The van der Waals surface area contributed by atoms with Crippen LogP contribution in [-0.2, 0) is 14.3 Å². The smallest absolute Gasteiger partial charge is 0.312 e. The van der Waals surface area contributed by atoms with Crippen molar-refractivity contribution in [2.75, 3.05) is 59.0 Å². The Morgan fingerprint density at radius 3 is 2.48 bits per heavy atom. The zero-order chi connectivity index (χ0) is 19.2. The van der Waals surface area contributed by atoms with Crippen molar-refractivity contribution in [2.45, 2.75) is 25.9 Å². The maximum atomic E-state index is 12.5. The number of nitrogens with zero attached hydrogens (tertiary/aromatic N) is 3. The van der Waals surface area contributed by atoms with E-state index in [2.05, 4.69) is 33.5 Å². The summed E-state index contributed by atoms with van der Waals surface area (Å²) in [5.74, 6) is -0.968. The van der Waals surface area contributed by atoms with E-state index in [1.165, 1.54) is 4.88 Å². The van der Waals surface area contributed by atoms with Crippen LogP contribution in [0.4, 0.5) is 0 Å². The van der Waals surface area contributed by atoms with Gasteiger partial charge in [-0.3, -0.25) is 14.5 Å². The number of ether oxygens (including phenoxy) is 1. The summed E-state index contributed by atoms with van der Waals surface area (Å²) >= 11 is 1.70. The summed E-state index contributed by atoms with van der Waals surface area (Å²) in [4.78, 5) is 32.7. The van der Waals surface area contributed by atoms with Gasteiger partial charge in [-0.1, -0.05) is 13.0 Å². The number of rotatable bonds is 5. The van der Waals surface area contributed by atoms with Crippen molar-refractivity contribution in [1.82, 2.24) is 20.0 Å². The van der Waals surface area contributed by atoms with Crippen molar-refractivity contribution in [3.05, 3.63) is 22.4 Å². The van der Waals surface area contributed by atoms with Crippen LogP contribution in [0.1, 0.15) is 24.8 Å². The summed E-state index contributed by atoms with van der Waals surface area (Å²) in [7, 11) is 0. The quantitative estimate of drug-likeness (QED) is 0.748. The molecule has 0 bridgehead atoms. The number of thiophene rings is 1. The number of amides is 2. The number of morpholine rings is 1. The second-order valence-corrected chi connectivity index (χ2v) is 8.08. The maximum absolute atomic E-state index is 12.5. The lowest BCUT2D eigenvalue weighted by Crippen LogP contribution is -2.54. The highest BCUT2D eigenvalue weighted by Gasteiger charge is 2.32. The highest BCUT2D eigenvalue weighted by molar-refractivity contribution is 7.10. The molecule has 1 aromatic rings. The standard InChI is InChI=1S/C19H30N4O3S/c1-3-21-6-8-22(9-7-21)17(16-5-4-14-27-16)15(2)20-18(24)19(25)23-10-12-26-13-11-23/h4-5,14-15,17H,3,6-13H2,1-2H3,(H,20,24)/t15-,17-/m0/s1. The average molecular weight is 395 g/mol. The first-order chi connectivity index (χ1) is 13.1. The highest BCUT2D eigenvalue weighted by atomic mass is 32.1. The third-order valence-electron chi connectivity index (χ3n) is 5.41. The summed E-state index contributed by atoms with van der Waals surface area (Å²) in [6.45, 7) is 11.2. The Morgan fingerprint density at radius 2 is 1.89 bits per heavy atom. The molecule has 2 fully saturated rings. The predicted octanol–water partition coefficient (Wildman–Crippen LogP) is 0.790. The van der Waals surface area contributed by atoms with E-state index in [9.17, 15) is 9.59 Å². The zero-order valence-corrected chi connectivity index (χ0v) is 17.0. The Labute approximate surface area is 165 Å². The molecule has 2 amide bonds. The molecule has 0 radical (unpaired) electrons. The zero-order valence-electron chi connectivity index (χ0n) is 16.2. The molecular weight excluding hydrogens is 364 g/mol. The van der Waals surface area contributed by atoms with E-state index in [1.807, 2.05) is 13.0 Å². The van der Waals surface area contributed by atoms with Crippen LogP contribution in [0.25, 0.3) is 0 Å². The van der Waals surface area contributed by atoms with E-state index >= 15 is 0 Å². The summed E-state index contributed by atoms with van der Waals surface area (Å²) in [6, 6.07) is 4.11. The van der Waals surface area contributed by atoms with Crippen LogP contribution in [0.15, 0.2) is 17.5 Å². The van der Waals surface area contributed by atoms with Gasteiger partial charge in [0.15, 0.2) is 0 Å². The molecule has 1 aromatic heterocycles. The van der Waals surface area contributed by atoms with E-state index in [4.69, 9.17) is 4.74 Å². The monoisotopic (exact) mass is 394 g/mol. The molecule has 0 saturated carbocycles. The second-order valence-electron chi connectivity index (χ2n) is 7.10. The highest BCUT2D eigenvalue weighted by Crippen LogP contribution is 2.29. The number of hydrogen-bond donors (Lipinski definition) is 1. The molecule has 150 valence electrons. The minimum Gasteiger partial charge on any atom is -0.378 e. The second kappa shape index (κ2) is 9.64. The maximum Gasteiger partial charge on any atom is 0.312 e. The van der Waals surface area contributed by atoms with Gasteiger partial charge in [-0.05, 0) is 24.9 Å². The number of piperazine rings is 1. The fourth-order valence-electron chi connectivity index (χ4n) is 3.82. The van der Waals surface area contributed by atoms with E-state index < -0.39 is 11.8 Å². The van der Waals surface area contributed by atoms with Crippen LogP contribution in [-0.4, -0.2) is 91.6 Å². The van der Waals surface area contributed by atoms with Crippen molar-refractivity contribution < 1.29 is 14.3 Å². The Hall–Kier alpha value is -1.48. The van der Waals surface area contributed by atoms with Gasteiger partial charge in [-0.2, -0.15) is 0 Å². The summed E-state index contributed by atoms with van der Waals surface area (Å²) in [5.41, 5.74) is 0. The molecule has 0 aromatic carbocycles. The van der Waals surface area contributed by atoms with Crippen molar-refractivity contribution >= 4 is 23.2 Å². The third kappa shape index (κ3) is 5.07. The summed E-state index contributed by atoms with van der Waals surface area (Å²) < 4.78 is 5.26. The van der Waals surface area contributed by atoms with Crippen LogP contribution in [0, 0.1) is 0 Å². The largest absolute Gasteiger partial charge is 0.378 e. The molecule has 27 heavy (non-hydrogen) atoms. The molecule has 0 spiro atoms. The number of hydrogen-bond acceptors (Lipinski definition) is 6. The van der Waals surface area contributed by atoms with Crippen molar-refractivity contribution in [1.29, 1.82) is 0 Å². The molecule has 2 saturated heterocycles. The van der Waals surface area contributed by atoms with Crippen LogP contribution < -0.4 is 5.32 Å². The minimum absolute atomic E-state index is 0.0884. The molecule has 2 atom stereocenters. The molecule has 0 unspecified atom stereocenters. The predicted molar refractivity (Wildman–Crippen MR) is 106 cm³/mol. The van der Waals surface area contributed by atoms with E-state index in [0.717, 1.165) is 32.7 Å². The van der Waals surface area contributed by atoms with Crippen molar-refractivity contribution in [3.8, 4) is 0 Å². The summed E-state index contributed by atoms with van der Waals surface area (Å²) in [5, 5.41) is 5.04. The molecule has 1 N–H and O–H groups in total. The van der Waals surface area contributed by atoms with E-state index in [-0.39, 0.29) is 12.1 Å². The molecule has 2 aliphatic rings. The van der Waals surface area contributed by atoms with Gasteiger partial charge in [-0.25, -0.2) is 0 Å². The van der Waals surface area contributed by atoms with Crippen LogP contribution in [0.2, 0.25) is 0 Å². The molecule has 7 nitrogen and oxygen atoms in total. The molecule has 3 rings (SSSR count). The molecule has 8 heteroatoms. The third-order valence-corrected chi connectivity index (χ3v) is 6.35. The molecule has 2 aliphatic heterocycles. The molecule has 0 aliphatic carbocycles. The number of nitrogens with one attached hydrogen (secondary N) is 1. The summed E-state index contributed by atoms with van der Waals surface area (Å²) in [6.07, 6.45) is 0. The molecular formula is C19H30N4O3S. The SMILES string of the molecule is CCN1CCN([C@H](c2cccs2)[C@H](C)NC(=O)C(=O)N2CCOCC2)CC1. The van der Waals surface area contributed by atoms with Crippen molar-refractivity contribution in [3.63, 3.8) is 0 Å². The first-order valence-corrected chi connectivity index (χ1v) is 10.7. The molecule has 3 heterocycles. The van der Waals surface area contributed by atoms with Gasteiger partial charge >= 0.3 is 11.8 Å². The van der Waals surface area contributed by atoms with Crippen LogP contribution in [0.5, 0.6) is 0 Å². The first kappa shape index (κ1) is 20.3. The van der Waals surface area contributed by atoms with Gasteiger partial charge in [0, 0.05) is 50.2 Å². The van der Waals surface area contributed by atoms with Gasteiger partial charge in [0.1, 0.15) is 0 Å². The average Bonchev–Trinajstić information content (AvgIpc) is 3.23. The van der Waals surface area contributed by atoms with E-state index in [1.54, 1.807) is 16.2 Å². The van der Waals surface area contributed by atoms with Gasteiger partial charge in [-0.15, -0.1) is 11.3 Å². The number of carbonyl (C=O) groups excluding carboxylic acids is 2. The fourth-order valence-corrected chi connectivity index (χ4v) is 4.78. The Balaban J connectivity index is 1.65. The lowest BCUT2D eigenvalue weighted by Gasteiger charge is -2.41. The Bertz CT molecular complexity index is 610. The van der Waals surface area contributed by atoms with Gasteiger partial charge in [0.25, 0.3) is 0 Å². The number of carbonyl (C=O) groups is 2. The number of likely N-dealkylation sites (N-methyl/N-ethyl adjacent to an activating group) is 1. The lowest BCUT2D eigenvalue weighted by molar-refractivity contribution is -0.149. The fraction of sp³-hybridized carbons (Fsp3) is 0.684. The van der Waals surface area contributed by atoms with Gasteiger partial charge < -0.3 is 19.9 Å². The normalized spacial score (nSPS) is 21.6. The Morgan fingerprint density at radius 1 is 1.19 bits per heavy atom. The van der Waals surface area contributed by atoms with Crippen LogP contribution in [0.3, 0.4) is 0 Å². The lowest BCUT2D eigenvalue weighted by atomic mass is 10.0. The first-order valence-electron chi connectivity index (χ1n) is 9.77. The Kier molecular flexibility index (Phi) is 7.23. The van der Waals surface area contributed by atoms with Gasteiger partial charge in [0.2, 0.25) is 0 Å². The minimum atomic E-state index is -0.516. The van der Waals surface area contributed by atoms with Crippen molar-refractivity contribution in [2.24, 2.45) is 0 Å². The van der Waals surface area contributed by atoms with E-state index in [0.29, 0.717) is 26.3 Å².